The van der Waals surface area contributed by atoms with Crippen molar-refractivity contribution in [1.29, 1.82) is 0 Å². The van der Waals surface area contributed by atoms with Crippen molar-refractivity contribution >= 4 is 8.25 Å². The van der Waals surface area contributed by atoms with Crippen molar-refractivity contribution in [3.63, 3.8) is 0 Å². The number of nitrogens with one attached hydrogen (secondary N) is 1. The Morgan fingerprint density at radius 2 is 2.38 bits per heavy atom. The van der Waals surface area contributed by atoms with Crippen LogP contribution in [0.15, 0.2) is 0 Å². The van der Waals surface area contributed by atoms with Gasteiger partial charge in [0.15, 0.2) is 0 Å². The van der Waals surface area contributed by atoms with Gasteiger partial charge >= 0.3 is 8.25 Å². The number of hydrogen-bond donors (Lipinski definition) is 1. The van der Waals surface area contributed by atoms with Crippen molar-refractivity contribution in [1.82, 2.24) is 5.48 Å². The van der Waals surface area contributed by atoms with Gasteiger partial charge in [-0.2, -0.15) is 5.48 Å². The smallest absolute Gasteiger partial charge is 0.152 e. The molecule has 0 aliphatic heterocycles. The standard InChI is InChI=1S/C3H9NO3P/c1-3-6-8(5)7-4-2/h4H,3H2,1-2H3/q+1. The van der Waals surface area contributed by atoms with E-state index in [1.54, 1.807) is 6.92 Å². The minimum absolute atomic E-state index is 0.400. The maximum absolute atomic E-state index is 10.3. The Kier molecular flexibility index (Phi) is 5.11. The molecule has 5 heteroatoms. The van der Waals surface area contributed by atoms with Gasteiger partial charge in [0, 0.05) is 11.6 Å². The van der Waals surface area contributed by atoms with Crippen LogP contribution in [0.5, 0.6) is 0 Å². The number of rotatable bonds is 4. The van der Waals surface area contributed by atoms with E-state index in [2.05, 4.69) is 14.6 Å². The average molecular weight is 138 g/mol. The highest BCUT2D eigenvalue weighted by molar-refractivity contribution is 7.33. The molecule has 0 rings (SSSR count). The lowest BCUT2D eigenvalue weighted by molar-refractivity contribution is 0.178. The van der Waals surface area contributed by atoms with Gasteiger partial charge in [-0.1, -0.05) is 0 Å². The van der Waals surface area contributed by atoms with E-state index in [9.17, 15) is 4.57 Å². The predicted molar refractivity (Wildman–Crippen MR) is 29.4 cm³/mol. The van der Waals surface area contributed by atoms with Crippen LogP contribution >= 0.6 is 8.25 Å². The van der Waals surface area contributed by atoms with E-state index < -0.39 is 8.25 Å². The second kappa shape index (κ2) is 5.12. The molecule has 0 aliphatic rings. The quantitative estimate of drug-likeness (QED) is 0.461. The Labute approximate surface area is 49.1 Å². The van der Waals surface area contributed by atoms with Crippen LogP contribution in [0.2, 0.25) is 0 Å². The molecule has 0 aliphatic carbocycles. The molecule has 0 fully saturated rings. The third kappa shape index (κ3) is 4.15. The number of hydrogen-bond acceptors (Lipinski definition) is 4. The van der Waals surface area contributed by atoms with E-state index in [4.69, 9.17) is 0 Å². The van der Waals surface area contributed by atoms with Crippen molar-refractivity contribution in [2.24, 2.45) is 0 Å². The summed E-state index contributed by atoms with van der Waals surface area (Å²) in [7, 11) is -0.422. The minimum Gasteiger partial charge on any atom is -0.152 e. The van der Waals surface area contributed by atoms with Crippen LogP contribution in [0.25, 0.3) is 0 Å². The van der Waals surface area contributed by atoms with Gasteiger partial charge in [-0.05, 0) is 11.5 Å². The third-order valence-electron chi connectivity index (χ3n) is 0.400. The lowest BCUT2D eigenvalue weighted by Crippen LogP contribution is -2.00. The molecule has 48 valence electrons. The normalized spacial score (nSPS) is 11.5. The monoisotopic (exact) mass is 138 g/mol. The zero-order valence-electron chi connectivity index (χ0n) is 4.88. The lowest BCUT2D eigenvalue weighted by Gasteiger charge is -1.80. The first-order valence-corrected chi connectivity index (χ1v) is 3.34. The number of hydroxylamine groups is 1. The first kappa shape index (κ1) is 7.98. The summed E-state index contributed by atoms with van der Waals surface area (Å²) in [5.41, 5.74) is 2.24. The first-order chi connectivity index (χ1) is 3.81. The van der Waals surface area contributed by atoms with Gasteiger partial charge in [-0.15, -0.1) is 4.52 Å². The molecule has 0 saturated carbocycles. The highest BCUT2D eigenvalue weighted by Crippen LogP contribution is 2.19. The zero-order chi connectivity index (χ0) is 6.41. The summed E-state index contributed by atoms with van der Waals surface area (Å²) in [6, 6.07) is 0. The summed E-state index contributed by atoms with van der Waals surface area (Å²) in [6.07, 6.45) is 0. The molecule has 1 unspecified atom stereocenters. The van der Waals surface area contributed by atoms with Crippen LogP contribution in [0.1, 0.15) is 6.92 Å². The molecule has 0 radical (unpaired) electrons. The Bertz CT molecular complexity index is 68.9. The zero-order valence-corrected chi connectivity index (χ0v) is 5.77. The molecule has 0 aromatic carbocycles. The van der Waals surface area contributed by atoms with E-state index in [-0.39, 0.29) is 0 Å². The molecule has 4 nitrogen and oxygen atoms in total. The Balaban J connectivity index is 3.06. The lowest BCUT2D eigenvalue weighted by atomic mass is 10.9. The van der Waals surface area contributed by atoms with E-state index >= 15 is 0 Å². The first-order valence-electron chi connectivity index (χ1n) is 2.25. The molecule has 0 spiro atoms. The second-order valence-corrected chi connectivity index (χ2v) is 1.82. The molecule has 0 aromatic heterocycles. The van der Waals surface area contributed by atoms with Gasteiger partial charge in [0.1, 0.15) is 6.61 Å². The van der Waals surface area contributed by atoms with Gasteiger partial charge in [0.2, 0.25) is 0 Å². The Morgan fingerprint density at radius 1 is 1.75 bits per heavy atom. The van der Waals surface area contributed by atoms with Crippen LogP contribution in [-0.4, -0.2) is 13.7 Å². The molecule has 0 bridgehead atoms. The van der Waals surface area contributed by atoms with Gasteiger partial charge in [-0.25, -0.2) is 0 Å². The van der Waals surface area contributed by atoms with Crippen molar-refractivity contribution in [3.8, 4) is 0 Å². The molecule has 1 atom stereocenters. The maximum Gasteiger partial charge on any atom is 0.716 e. The van der Waals surface area contributed by atoms with Crippen LogP contribution in [0.4, 0.5) is 0 Å². The van der Waals surface area contributed by atoms with E-state index in [0.717, 1.165) is 0 Å². The van der Waals surface area contributed by atoms with Gasteiger partial charge in [0.05, 0.1) is 0 Å². The molecule has 8 heavy (non-hydrogen) atoms. The van der Waals surface area contributed by atoms with Gasteiger partial charge < -0.3 is 0 Å². The van der Waals surface area contributed by atoms with Gasteiger partial charge in [-0.3, -0.25) is 0 Å². The molecule has 0 heterocycles. The predicted octanol–water partition coefficient (Wildman–Crippen LogP) is 0.831. The summed E-state index contributed by atoms with van der Waals surface area (Å²) in [4.78, 5) is 0. The molecule has 1 N–H and O–H groups in total. The minimum atomic E-state index is -1.94. The van der Waals surface area contributed by atoms with E-state index in [1.807, 2.05) is 0 Å². The third-order valence-corrected chi connectivity index (χ3v) is 1.20. The van der Waals surface area contributed by atoms with E-state index in [1.165, 1.54) is 7.05 Å². The topological polar surface area (TPSA) is 47.6 Å². The highest BCUT2D eigenvalue weighted by Gasteiger charge is 2.16. The van der Waals surface area contributed by atoms with Gasteiger partial charge in [0.25, 0.3) is 0 Å². The highest BCUT2D eigenvalue weighted by atomic mass is 31.1. The molecule has 0 saturated heterocycles. The molecule has 0 aromatic rings. The summed E-state index contributed by atoms with van der Waals surface area (Å²) in [5, 5.41) is 0. The Morgan fingerprint density at radius 3 is 2.75 bits per heavy atom. The van der Waals surface area contributed by atoms with Crippen LogP contribution in [0.3, 0.4) is 0 Å². The van der Waals surface area contributed by atoms with Crippen molar-refractivity contribution < 1.29 is 13.7 Å². The Hall–Kier alpha value is -0.0200. The molecular formula is C3H9NO3P+. The van der Waals surface area contributed by atoms with Crippen molar-refractivity contribution in [2.75, 3.05) is 13.7 Å². The summed E-state index contributed by atoms with van der Waals surface area (Å²) >= 11 is 0. The van der Waals surface area contributed by atoms with Crippen molar-refractivity contribution in [2.45, 2.75) is 6.92 Å². The largest absolute Gasteiger partial charge is 0.716 e. The van der Waals surface area contributed by atoms with Crippen LogP contribution in [-0.2, 0) is 13.7 Å². The fourth-order valence-electron chi connectivity index (χ4n) is 0.206. The van der Waals surface area contributed by atoms with Crippen molar-refractivity contribution in [3.05, 3.63) is 0 Å². The second-order valence-electron chi connectivity index (χ2n) is 0.937. The summed E-state index contributed by atoms with van der Waals surface area (Å²) in [6.45, 7) is 2.14. The summed E-state index contributed by atoms with van der Waals surface area (Å²) in [5.74, 6) is 0. The average Bonchev–Trinajstić information content (AvgIpc) is 1.68. The SMILES string of the molecule is CCO[P+](=O)ONC. The van der Waals surface area contributed by atoms with Crippen LogP contribution < -0.4 is 5.48 Å². The molecule has 0 amide bonds. The maximum atomic E-state index is 10.3. The summed E-state index contributed by atoms with van der Waals surface area (Å²) < 4.78 is 19.1. The fraction of sp³-hybridized carbons (Fsp3) is 1.00. The van der Waals surface area contributed by atoms with Crippen LogP contribution in [0, 0.1) is 0 Å². The van der Waals surface area contributed by atoms with E-state index in [0.29, 0.717) is 6.61 Å². The molecular weight excluding hydrogens is 129 g/mol. The fourth-order valence-corrected chi connectivity index (χ4v) is 0.619.